The molecule has 1 aliphatic heterocycles. The van der Waals surface area contributed by atoms with Crippen LogP contribution in [0, 0.1) is 10.1 Å². The molecule has 1 fully saturated rings. The summed E-state index contributed by atoms with van der Waals surface area (Å²) in [6.07, 6.45) is 1.19. The van der Waals surface area contributed by atoms with Crippen molar-refractivity contribution in [2.24, 2.45) is 0 Å². The van der Waals surface area contributed by atoms with Crippen LogP contribution in [0.2, 0.25) is 0 Å². The van der Waals surface area contributed by atoms with Crippen LogP contribution < -0.4 is 20.1 Å². The maximum Gasteiger partial charge on any atom is 0.326 e. The molecule has 0 bridgehead atoms. The fourth-order valence-electron chi connectivity index (χ4n) is 1.80. The maximum absolute atomic E-state index is 11.5. The number of nitrogens with one attached hydrogen (secondary N) is 2. The Morgan fingerprint density at radius 3 is 2.24 bits per heavy atom. The third-order valence-electron chi connectivity index (χ3n) is 2.75. The van der Waals surface area contributed by atoms with Gasteiger partial charge in [-0.3, -0.25) is 20.2 Å². The normalized spacial score (nSPS) is 15.6. The molecule has 21 heavy (non-hydrogen) atoms. The number of amides is 3. The quantitative estimate of drug-likeness (QED) is 0.366. The Labute approximate surface area is 118 Å². The van der Waals surface area contributed by atoms with E-state index in [9.17, 15) is 19.7 Å². The molecule has 1 saturated heterocycles. The number of hydrogen-bond acceptors (Lipinski definition) is 6. The number of nitro groups is 1. The van der Waals surface area contributed by atoms with Crippen molar-refractivity contribution in [2.75, 3.05) is 14.2 Å². The number of benzene rings is 1. The van der Waals surface area contributed by atoms with Crippen molar-refractivity contribution in [3.8, 4) is 11.5 Å². The Morgan fingerprint density at radius 1 is 1.14 bits per heavy atom. The van der Waals surface area contributed by atoms with E-state index in [1.54, 1.807) is 0 Å². The van der Waals surface area contributed by atoms with Gasteiger partial charge >= 0.3 is 6.03 Å². The van der Waals surface area contributed by atoms with Crippen molar-refractivity contribution in [3.05, 3.63) is 33.5 Å². The van der Waals surface area contributed by atoms with Gasteiger partial charge in [0.05, 0.1) is 30.8 Å². The third-order valence-corrected chi connectivity index (χ3v) is 2.75. The smallest absolute Gasteiger partial charge is 0.326 e. The number of carbonyl (C=O) groups excluding carboxylic acids is 2. The van der Waals surface area contributed by atoms with Crippen LogP contribution >= 0.6 is 0 Å². The monoisotopic (exact) mass is 293 g/mol. The molecule has 9 heteroatoms. The fraction of sp³-hybridized carbons (Fsp3) is 0.167. The molecule has 0 aromatic heterocycles. The molecule has 0 atom stereocenters. The van der Waals surface area contributed by atoms with Crippen LogP contribution in [0.15, 0.2) is 17.8 Å². The van der Waals surface area contributed by atoms with Gasteiger partial charge in [0.1, 0.15) is 5.70 Å². The number of methoxy groups -OCH3 is 2. The first-order valence-electron chi connectivity index (χ1n) is 5.70. The van der Waals surface area contributed by atoms with Gasteiger partial charge < -0.3 is 14.8 Å². The number of ether oxygens (including phenoxy) is 2. The van der Waals surface area contributed by atoms with Crippen LogP contribution in [-0.4, -0.2) is 31.1 Å². The molecule has 0 radical (unpaired) electrons. The van der Waals surface area contributed by atoms with Crippen LogP contribution in [0.3, 0.4) is 0 Å². The second-order valence-electron chi connectivity index (χ2n) is 3.99. The van der Waals surface area contributed by atoms with Crippen molar-refractivity contribution in [1.29, 1.82) is 0 Å². The number of hydrogen-bond donors (Lipinski definition) is 2. The fourth-order valence-corrected chi connectivity index (χ4v) is 1.80. The van der Waals surface area contributed by atoms with Crippen molar-refractivity contribution in [3.63, 3.8) is 0 Å². The van der Waals surface area contributed by atoms with Crippen LogP contribution in [0.1, 0.15) is 5.56 Å². The van der Waals surface area contributed by atoms with Crippen LogP contribution in [0.5, 0.6) is 11.5 Å². The van der Waals surface area contributed by atoms with Gasteiger partial charge in [-0.05, 0) is 12.1 Å². The lowest BCUT2D eigenvalue weighted by atomic mass is 10.1. The van der Waals surface area contributed by atoms with E-state index in [0.29, 0.717) is 0 Å². The minimum Gasteiger partial charge on any atom is -0.493 e. The molecule has 2 rings (SSSR count). The number of rotatable bonds is 4. The first-order chi connectivity index (χ1) is 9.96. The highest BCUT2D eigenvalue weighted by Gasteiger charge is 2.25. The van der Waals surface area contributed by atoms with Crippen molar-refractivity contribution < 1.29 is 24.0 Å². The van der Waals surface area contributed by atoms with Crippen molar-refractivity contribution in [2.45, 2.75) is 0 Å². The van der Waals surface area contributed by atoms with Gasteiger partial charge in [-0.1, -0.05) is 0 Å². The minimum absolute atomic E-state index is 0.0877. The van der Waals surface area contributed by atoms with Crippen LogP contribution in [-0.2, 0) is 4.79 Å². The molecule has 1 heterocycles. The van der Waals surface area contributed by atoms with Crippen molar-refractivity contribution in [1.82, 2.24) is 10.6 Å². The highest BCUT2D eigenvalue weighted by atomic mass is 16.6. The lowest BCUT2D eigenvalue weighted by Crippen LogP contribution is -2.22. The number of nitro benzene ring substituents is 1. The molecular formula is C12H11N3O6. The zero-order chi connectivity index (χ0) is 15.6. The average Bonchev–Trinajstić information content (AvgIpc) is 2.76. The van der Waals surface area contributed by atoms with Gasteiger partial charge in [0.2, 0.25) is 0 Å². The molecule has 0 aliphatic carbocycles. The average molecular weight is 293 g/mol. The predicted octanol–water partition coefficient (Wildman–Crippen LogP) is 0.792. The Morgan fingerprint density at radius 2 is 1.76 bits per heavy atom. The van der Waals surface area contributed by atoms with E-state index in [0.717, 1.165) is 0 Å². The summed E-state index contributed by atoms with van der Waals surface area (Å²) < 4.78 is 10.1. The molecular weight excluding hydrogens is 282 g/mol. The Hall–Kier alpha value is -3.10. The van der Waals surface area contributed by atoms with Gasteiger partial charge in [0, 0.05) is 0 Å². The molecule has 1 aromatic carbocycles. The van der Waals surface area contributed by atoms with Crippen LogP contribution in [0.4, 0.5) is 10.5 Å². The lowest BCUT2D eigenvalue weighted by Gasteiger charge is -2.09. The summed E-state index contributed by atoms with van der Waals surface area (Å²) in [5.74, 6) is -0.213. The molecule has 2 N–H and O–H groups in total. The Kier molecular flexibility index (Phi) is 3.74. The van der Waals surface area contributed by atoms with E-state index in [1.165, 1.54) is 32.4 Å². The Bertz CT molecular complexity index is 667. The summed E-state index contributed by atoms with van der Waals surface area (Å²) in [6.45, 7) is 0. The highest BCUT2D eigenvalue weighted by molar-refractivity contribution is 6.14. The molecule has 0 unspecified atom stereocenters. The summed E-state index contributed by atoms with van der Waals surface area (Å²) in [6, 6.07) is 1.84. The van der Waals surface area contributed by atoms with Gasteiger partial charge in [0.15, 0.2) is 11.5 Å². The zero-order valence-corrected chi connectivity index (χ0v) is 11.1. The van der Waals surface area contributed by atoms with Gasteiger partial charge in [0.25, 0.3) is 11.6 Å². The molecule has 110 valence electrons. The standard InChI is InChI=1S/C12H11N3O6/c1-20-9-4-6(3-7-11(16)14-12(17)13-7)8(15(18)19)5-10(9)21-2/h3-5H,1-2H3,(H2,13,14,16,17)/b7-3-. The molecule has 1 aromatic rings. The number of nitrogens with zero attached hydrogens (tertiary/aromatic N) is 1. The number of urea groups is 1. The molecule has 9 nitrogen and oxygen atoms in total. The van der Waals surface area contributed by atoms with Crippen molar-refractivity contribution >= 4 is 23.7 Å². The first kappa shape index (κ1) is 14.3. The van der Waals surface area contributed by atoms with E-state index >= 15 is 0 Å². The summed E-state index contributed by atoms with van der Waals surface area (Å²) >= 11 is 0. The van der Waals surface area contributed by atoms with Crippen LogP contribution in [0.25, 0.3) is 6.08 Å². The van der Waals surface area contributed by atoms with E-state index in [2.05, 4.69) is 5.32 Å². The molecule has 0 spiro atoms. The second kappa shape index (κ2) is 5.49. The van der Waals surface area contributed by atoms with E-state index in [1.807, 2.05) is 5.32 Å². The summed E-state index contributed by atoms with van der Waals surface area (Å²) in [7, 11) is 2.73. The lowest BCUT2D eigenvalue weighted by molar-refractivity contribution is -0.385. The molecule has 1 aliphatic rings. The Balaban J connectivity index is 2.56. The van der Waals surface area contributed by atoms with E-state index in [-0.39, 0.29) is 28.4 Å². The van der Waals surface area contributed by atoms with E-state index < -0.39 is 16.9 Å². The van der Waals surface area contributed by atoms with Gasteiger partial charge in [-0.25, -0.2) is 4.79 Å². The maximum atomic E-state index is 11.5. The molecule has 0 saturated carbocycles. The number of imide groups is 1. The largest absolute Gasteiger partial charge is 0.493 e. The van der Waals surface area contributed by atoms with Gasteiger partial charge in [-0.15, -0.1) is 0 Å². The summed E-state index contributed by atoms with van der Waals surface area (Å²) in [5.41, 5.74) is -0.269. The van der Waals surface area contributed by atoms with Gasteiger partial charge in [-0.2, -0.15) is 0 Å². The third kappa shape index (κ3) is 2.76. The first-order valence-corrected chi connectivity index (χ1v) is 5.70. The summed E-state index contributed by atoms with van der Waals surface area (Å²) in [4.78, 5) is 33.0. The zero-order valence-electron chi connectivity index (χ0n) is 11.1. The topological polar surface area (TPSA) is 120 Å². The summed E-state index contributed by atoms with van der Waals surface area (Å²) in [5, 5.41) is 15.4. The second-order valence-corrected chi connectivity index (χ2v) is 3.99. The predicted molar refractivity (Wildman–Crippen MR) is 70.9 cm³/mol. The SMILES string of the molecule is COc1cc(/C=C2\NC(=O)NC2=O)c([N+](=O)[O-])cc1OC. The number of carbonyl (C=O) groups is 2. The highest BCUT2D eigenvalue weighted by Crippen LogP contribution is 2.35. The van der Waals surface area contributed by atoms with E-state index in [4.69, 9.17) is 9.47 Å². The molecule has 3 amide bonds. The minimum atomic E-state index is -0.686.